The van der Waals surface area contributed by atoms with E-state index in [0.717, 1.165) is 39.0 Å². The van der Waals surface area contributed by atoms with Crippen LogP contribution >= 0.6 is 0 Å². The molecule has 3 heteroatoms. The fourth-order valence-electron chi connectivity index (χ4n) is 2.48. The molecule has 2 N–H and O–H groups in total. The largest absolute Gasteiger partial charge is 0.380 e. The summed E-state index contributed by atoms with van der Waals surface area (Å²) >= 11 is 0. The predicted octanol–water partition coefficient (Wildman–Crippen LogP) is 1.67. The molecule has 1 heterocycles. The summed E-state index contributed by atoms with van der Waals surface area (Å²) < 4.78 is 5.41. The Bertz CT molecular complexity index is 336. The number of ether oxygens (including phenoxy) is 1. The molecule has 0 aromatic heterocycles. The van der Waals surface area contributed by atoms with Gasteiger partial charge < -0.3 is 10.5 Å². The molecule has 2 rings (SSSR count). The zero-order valence-corrected chi connectivity index (χ0v) is 11.2. The van der Waals surface area contributed by atoms with Crippen LogP contribution in [0.4, 0.5) is 0 Å². The fraction of sp³-hybridized carbons (Fsp3) is 0.600. The maximum Gasteiger partial charge on any atom is 0.0622 e. The van der Waals surface area contributed by atoms with Crippen LogP contribution in [0.15, 0.2) is 30.3 Å². The molecule has 1 aromatic carbocycles. The van der Waals surface area contributed by atoms with Gasteiger partial charge in [-0.3, -0.25) is 4.90 Å². The summed E-state index contributed by atoms with van der Waals surface area (Å²) in [5.41, 5.74) is 7.58. The Morgan fingerprint density at radius 2 is 2.17 bits per heavy atom. The van der Waals surface area contributed by atoms with Gasteiger partial charge in [-0.25, -0.2) is 0 Å². The van der Waals surface area contributed by atoms with Gasteiger partial charge in [0, 0.05) is 25.2 Å². The Hall–Kier alpha value is -0.900. The lowest BCUT2D eigenvalue weighted by atomic mass is 10.0. The quantitative estimate of drug-likeness (QED) is 0.832. The van der Waals surface area contributed by atoms with Gasteiger partial charge in [0.2, 0.25) is 0 Å². The van der Waals surface area contributed by atoms with Crippen molar-refractivity contribution in [3.63, 3.8) is 0 Å². The van der Waals surface area contributed by atoms with Crippen LogP contribution in [0, 0.1) is 0 Å². The van der Waals surface area contributed by atoms with E-state index >= 15 is 0 Å². The molecule has 0 amide bonds. The molecule has 3 nitrogen and oxygen atoms in total. The van der Waals surface area contributed by atoms with Crippen LogP contribution in [0.5, 0.6) is 0 Å². The van der Waals surface area contributed by atoms with Crippen LogP contribution in [-0.4, -0.2) is 43.8 Å². The zero-order chi connectivity index (χ0) is 12.8. The van der Waals surface area contributed by atoms with Crippen molar-refractivity contribution >= 4 is 0 Å². The molecule has 18 heavy (non-hydrogen) atoms. The molecule has 1 aliphatic heterocycles. The second-order valence-electron chi connectivity index (χ2n) is 5.24. The number of nitrogens with zero attached hydrogens (tertiary/aromatic N) is 1. The number of hydrogen-bond donors (Lipinski definition) is 1. The Kier molecular flexibility index (Phi) is 5.17. The van der Waals surface area contributed by atoms with E-state index in [2.05, 4.69) is 42.3 Å². The number of hydrogen-bond acceptors (Lipinski definition) is 3. The Balaban J connectivity index is 1.70. The summed E-state index contributed by atoms with van der Waals surface area (Å²) in [6, 6.07) is 11.4. The molecule has 0 bridgehead atoms. The number of likely N-dealkylation sites (N-methyl/N-ethyl adjacent to an activating group) is 1. The van der Waals surface area contributed by atoms with Crippen LogP contribution in [0.25, 0.3) is 0 Å². The van der Waals surface area contributed by atoms with Gasteiger partial charge in [-0.05, 0) is 31.9 Å². The van der Waals surface area contributed by atoms with Crippen molar-refractivity contribution in [3.8, 4) is 0 Å². The second-order valence-corrected chi connectivity index (χ2v) is 5.24. The van der Waals surface area contributed by atoms with Gasteiger partial charge >= 0.3 is 0 Å². The first-order valence-corrected chi connectivity index (χ1v) is 6.83. The molecule has 1 aliphatic rings. The normalized spacial score (nSPS) is 21.4. The Labute approximate surface area is 110 Å². The van der Waals surface area contributed by atoms with Crippen LogP contribution in [0.3, 0.4) is 0 Å². The van der Waals surface area contributed by atoms with E-state index in [-0.39, 0.29) is 6.04 Å². The first-order chi connectivity index (χ1) is 8.75. The van der Waals surface area contributed by atoms with Crippen molar-refractivity contribution in [1.29, 1.82) is 0 Å². The molecule has 100 valence electrons. The monoisotopic (exact) mass is 248 g/mol. The van der Waals surface area contributed by atoms with E-state index in [4.69, 9.17) is 10.5 Å². The number of nitrogens with two attached hydrogens (primary N) is 1. The SMILES string of the molecule is CN(CC(N)CCc1ccccc1)C1CCOC1. The molecule has 0 aliphatic carbocycles. The topological polar surface area (TPSA) is 38.5 Å². The fourth-order valence-corrected chi connectivity index (χ4v) is 2.48. The average Bonchev–Trinajstić information content (AvgIpc) is 2.91. The van der Waals surface area contributed by atoms with Gasteiger partial charge in [0.25, 0.3) is 0 Å². The lowest BCUT2D eigenvalue weighted by Gasteiger charge is -2.26. The van der Waals surface area contributed by atoms with Gasteiger partial charge in [-0.2, -0.15) is 0 Å². The second kappa shape index (κ2) is 6.88. The minimum Gasteiger partial charge on any atom is -0.380 e. The highest BCUT2D eigenvalue weighted by molar-refractivity contribution is 5.14. The molecular weight excluding hydrogens is 224 g/mol. The van der Waals surface area contributed by atoms with E-state index in [9.17, 15) is 0 Å². The van der Waals surface area contributed by atoms with E-state index in [1.54, 1.807) is 0 Å². The van der Waals surface area contributed by atoms with Crippen molar-refractivity contribution in [3.05, 3.63) is 35.9 Å². The number of benzene rings is 1. The number of rotatable bonds is 6. The minimum absolute atomic E-state index is 0.246. The number of aryl methyl sites for hydroxylation is 1. The van der Waals surface area contributed by atoms with Crippen LogP contribution in [-0.2, 0) is 11.2 Å². The van der Waals surface area contributed by atoms with Crippen molar-refractivity contribution in [1.82, 2.24) is 4.90 Å². The van der Waals surface area contributed by atoms with E-state index < -0.39 is 0 Å². The van der Waals surface area contributed by atoms with Gasteiger partial charge in [0.05, 0.1) is 6.61 Å². The summed E-state index contributed by atoms with van der Waals surface area (Å²) in [5.74, 6) is 0. The summed E-state index contributed by atoms with van der Waals surface area (Å²) in [5, 5.41) is 0. The Morgan fingerprint density at radius 1 is 1.39 bits per heavy atom. The predicted molar refractivity (Wildman–Crippen MR) is 74.6 cm³/mol. The van der Waals surface area contributed by atoms with Crippen molar-refractivity contribution < 1.29 is 4.74 Å². The summed E-state index contributed by atoms with van der Waals surface area (Å²) in [4.78, 5) is 2.35. The Morgan fingerprint density at radius 3 is 2.83 bits per heavy atom. The van der Waals surface area contributed by atoms with Gasteiger partial charge in [-0.1, -0.05) is 30.3 Å². The lowest BCUT2D eigenvalue weighted by Crippen LogP contribution is -2.41. The summed E-state index contributed by atoms with van der Waals surface area (Å²) in [6.07, 6.45) is 3.25. The molecule has 1 fully saturated rings. The van der Waals surface area contributed by atoms with Crippen molar-refractivity contribution in [2.45, 2.75) is 31.3 Å². The third-order valence-corrected chi connectivity index (χ3v) is 3.70. The van der Waals surface area contributed by atoms with Crippen molar-refractivity contribution in [2.24, 2.45) is 5.73 Å². The van der Waals surface area contributed by atoms with E-state index in [1.807, 2.05) is 0 Å². The molecule has 1 saturated heterocycles. The molecule has 0 radical (unpaired) electrons. The highest BCUT2D eigenvalue weighted by atomic mass is 16.5. The third-order valence-electron chi connectivity index (χ3n) is 3.70. The van der Waals surface area contributed by atoms with E-state index in [0.29, 0.717) is 6.04 Å². The summed E-state index contributed by atoms with van der Waals surface area (Å²) in [6.45, 7) is 2.72. The summed E-state index contributed by atoms with van der Waals surface area (Å²) in [7, 11) is 2.15. The highest BCUT2D eigenvalue weighted by Gasteiger charge is 2.21. The highest BCUT2D eigenvalue weighted by Crippen LogP contribution is 2.12. The molecule has 0 saturated carbocycles. The van der Waals surface area contributed by atoms with Crippen molar-refractivity contribution in [2.75, 3.05) is 26.8 Å². The first-order valence-electron chi connectivity index (χ1n) is 6.83. The molecule has 1 aromatic rings. The maximum absolute atomic E-state index is 6.21. The van der Waals surface area contributed by atoms with Gasteiger partial charge in [-0.15, -0.1) is 0 Å². The standard InChI is InChI=1S/C15H24N2O/c1-17(15-9-10-18-12-15)11-14(16)8-7-13-5-3-2-4-6-13/h2-6,14-15H,7-12,16H2,1H3. The van der Waals surface area contributed by atoms with Crippen LogP contribution in [0.1, 0.15) is 18.4 Å². The maximum atomic E-state index is 6.21. The van der Waals surface area contributed by atoms with Crippen LogP contribution < -0.4 is 5.73 Å². The molecule has 2 unspecified atom stereocenters. The smallest absolute Gasteiger partial charge is 0.0622 e. The zero-order valence-electron chi connectivity index (χ0n) is 11.2. The lowest BCUT2D eigenvalue weighted by molar-refractivity contribution is 0.155. The average molecular weight is 248 g/mol. The van der Waals surface area contributed by atoms with Gasteiger partial charge in [0.15, 0.2) is 0 Å². The van der Waals surface area contributed by atoms with Crippen LogP contribution in [0.2, 0.25) is 0 Å². The molecule has 2 atom stereocenters. The molecular formula is C15H24N2O. The van der Waals surface area contributed by atoms with E-state index in [1.165, 1.54) is 5.56 Å². The minimum atomic E-state index is 0.246. The third kappa shape index (κ3) is 4.09. The first kappa shape index (κ1) is 13.5. The van der Waals surface area contributed by atoms with Gasteiger partial charge in [0.1, 0.15) is 0 Å². The molecule has 0 spiro atoms.